The Morgan fingerprint density at radius 2 is 1.45 bits per heavy atom. The van der Waals surface area contributed by atoms with Crippen molar-refractivity contribution in [2.45, 2.75) is 170 Å². The van der Waals surface area contributed by atoms with Crippen molar-refractivity contribution in [3.8, 4) is 0 Å². The number of nitrogens with two attached hydrogens (primary N) is 1. The second-order valence-corrected chi connectivity index (χ2v) is 28.1. The third-order valence-corrected chi connectivity index (χ3v) is 24.8. The van der Waals surface area contributed by atoms with Gasteiger partial charge in [-0.05, 0) is 75.8 Å². The minimum absolute atomic E-state index is 0.175. The van der Waals surface area contributed by atoms with Gasteiger partial charge in [-0.15, -0.1) is 0 Å². The summed E-state index contributed by atoms with van der Waals surface area (Å²) in [6, 6.07) is 3.65. The first-order valence-corrected chi connectivity index (χ1v) is 23.6. The topological polar surface area (TPSA) is 97.3 Å². The van der Waals surface area contributed by atoms with Gasteiger partial charge in [-0.1, -0.05) is 94.8 Å². The summed E-state index contributed by atoms with van der Waals surface area (Å²) in [5.41, 5.74) is 12.0. The molecular weight excluding hydrogens is 670 g/mol. The minimum atomic E-state index is -2.27. The van der Waals surface area contributed by atoms with Crippen LogP contribution in [0.4, 0.5) is 10.2 Å². The lowest BCUT2D eigenvalue weighted by atomic mass is 10.1. The predicted molar refractivity (Wildman–Crippen MR) is 204 cm³/mol. The molecule has 3 heterocycles. The number of nitrogen functional groups attached to an aromatic ring is 1. The van der Waals surface area contributed by atoms with Gasteiger partial charge >= 0.3 is 0 Å². The summed E-state index contributed by atoms with van der Waals surface area (Å²) in [7, 11) is -4.45. The molecule has 0 saturated carbocycles. The van der Waals surface area contributed by atoms with E-state index in [2.05, 4.69) is 93.1 Å². The SMILES string of the molecule is CC(C)[Si](OC[C@H]1O[C@@H](n2nc(Sc3cc4c(cc3F)CCC4)c3c(N)ncnc32)C[C@@H]1O[Si](C(C)C)(C(C)C)C(C)C)(C(C)C)C(C)C. The third-order valence-electron chi connectivity index (χ3n) is 11.6. The van der Waals surface area contributed by atoms with Crippen molar-refractivity contribution < 1.29 is 18.0 Å². The lowest BCUT2D eigenvalue weighted by Gasteiger charge is -2.45. The van der Waals surface area contributed by atoms with Gasteiger partial charge in [-0.2, -0.15) is 5.10 Å². The summed E-state index contributed by atoms with van der Waals surface area (Å²) in [5.74, 6) is 0.0791. The summed E-state index contributed by atoms with van der Waals surface area (Å²) in [6.07, 6.45) is 4.10. The Hall–Kier alpha value is -1.84. The van der Waals surface area contributed by atoms with Crippen LogP contribution in [0.5, 0.6) is 0 Å². The van der Waals surface area contributed by atoms with Crippen LogP contribution in [0, 0.1) is 5.82 Å². The Labute approximate surface area is 300 Å². The van der Waals surface area contributed by atoms with Crippen LogP contribution in [-0.2, 0) is 26.4 Å². The second kappa shape index (κ2) is 15.0. The first-order chi connectivity index (χ1) is 23.0. The van der Waals surface area contributed by atoms with Gasteiger partial charge in [0.1, 0.15) is 29.1 Å². The van der Waals surface area contributed by atoms with Gasteiger partial charge in [0, 0.05) is 11.3 Å². The molecule has 12 heteroatoms. The smallest absolute Gasteiger partial charge is 0.200 e. The van der Waals surface area contributed by atoms with E-state index in [1.807, 2.05) is 10.7 Å². The average molecular weight is 730 g/mol. The molecule has 3 aromatic rings. The second-order valence-electron chi connectivity index (χ2n) is 16.2. The molecule has 1 saturated heterocycles. The van der Waals surface area contributed by atoms with E-state index in [-0.39, 0.29) is 18.0 Å². The third kappa shape index (κ3) is 7.03. The van der Waals surface area contributed by atoms with Crippen LogP contribution in [0.15, 0.2) is 28.4 Å². The lowest BCUT2D eigenvalue weighted by molar-refractivity contribution is -0.0438. The van der Waals surface area contributed by atoms with Crippen molar-refractivity contribution >= 4 is 45.2 Å². The highest BCUT2D eigenvalue weighted by molar-refractivity contribution is 7.99. The fraction of sp³-hybridized carbons (Fsp3) is 0.703. The van der Waals surface area contributed by atoms with Gasteiger partial charge in [0.25, 0.3) is 0 Å². The molecule has 3 atom stereocenters. The maximum atomic E-state index is 15.4. The van der Waals surface area contributed by atoms with Crippen LogP contribution in [0.25, 0.3) is 11.0 Å². The summed E-state index contributed by atoms with van der Waals surface area (Å²) in [5, 5.41) is 6.25. The summed E-state index contributed by atoms with van der Waals surface area (Å²) in [4.78, 5) is 9.50. The van der Waals surface area contributed by atoms with Crippen LogP contribution >= 0.6 is 11.8 Å². The van der Waals surface area contributed by atoms with Crippen molar-refractivity contribution in [3.63, 3.8) is 0 Å². The molecule has 0 unspecified atom stereocenters. The minimum Gasteiger partial charge on any atom is -0.413 e. The standard InChI is InChI=1S/C37H60FN5O3SSi2/c1-21(2)48(22(3)4,23(5)6)44-19-31-30(46-49(24(7)8,25(9)10)26(11)12)18-33(45-31)43-36-34(35(39)40-20-41-36)37(42-43)47-32-17-28-15-13-14-27(28)16-29(32)38/h16-17,20-26,30-31,33H,13-15,18-19H2,1-12H3,(H2,39,40,41)/t30-,31+,33+/m0/s1. The molecule has 1 aromatic carbocycles. The van der Waals surface area contributed by atoms with E-state index in [0.717, 1.165) is 24.8 Å². The van der Waals surface area contributed by atoms with Gasteiger partial charge in [-0.25, -0.2) is 19.0 Å². The zero-order chi connectivity index (χ0) is 36.0. The van der Waals surface area contributed by atoms with Crippen LogP contribution in [0.3, 0.4) is 0 Å². The number of benzene rings is 1. The largest absolute Gasteiger partial charge is 0.413 e. The first kappa shape index (κ1) is 38.4. The van der Waals surface area contributed by atoms with E-state index in [9.17, 15) is 0 Å². The van der Waals surface area contributed by atoms with E-state index in [1.165, 1.54) is 23.7 Å². The maximum absolute atomic E-state index is 15.4. The zero-order valence-electron chi connectivity index (χ0n) is 31.8. The number of fused-ring (bicyclic) bond motifs is 2. The van der Waals surface area contributed by atoms with Gasteiger partial charge in [0.2, 0.25) is 8.32 Å². The molecule has 0 amide bonds. The molecule has 0 spiro atoms. The summed E-state index contributed by atoms with van der Waals surface area (Å²) in [6.45, 7) is 28.3. The molecule has 2 aromatic heterocycles. The number of anilines is 1. The van der Waals surface area contributed by atoms with Gasteiger partial charge < -0.3 is 19.3 Å². The molecule has 49 heavy (non-hydrogen) atoms. The molecule has 0 bridgehead atoms. The number of aromatic nitrogens is 4. The van der Waals surface area contributed by atoms with Gasteiger partial charge in [0.15, 0.2) is 20.2 Å². The van der Waals surface area contributed by atoms with Crippen molar-refractivity contribution in [1.29, 1.82) is 0 Å². The van der Waals surface area contributed by atoms with Crippen molar-refractivity contribution in [2.24, 2.45) is 0 Å². The molecule has 5 rings (SSSR count). The van der Waals surface area contributed by atoms with Crippen molar-refractivity contribution in [3.05, 3.63) is 35.4 Å². The number of aryl methyl sites for hydroxylation is 2. The van der Waals surface area contributed by atoms with E-state index < -0.39 is 22.9 Å². The molecule has 0 radical (unpaired) electrons. The Morgan fingerprint density at radius 3 is 2.02 bits per heavy atom. The normalized spacial score (nSPS) is 20.4. The van der Waals surface area contributed by atoms with Crippen LogP contribution in [0.1, 0.15) is 113 Å². The molecule has 2 aliphatic rings. The Kier molecular flexibility index (Phi) is 11.8. The number of nitrogens with zero attached hydrogens (tertiary/aromatic N) is 4. The highest BCUT2D eigenvalue weighted by Gasteiger charge is 2.52. The van der Waals surface area contributed by atoms with Crippen LogP contribution in [0.2, 0.25) is 33.2 Å². The Balaban J connectivity index is 1.54. The highest BCUT2D eigenvalue weighted by Crippen LogP contribution is 2.48. The zero-order valence-corrected chi connectivity index (χ0v) is 34.7. The molecule has 8 nitrogen and oxygen atoms in total. The number of hydrogen-bond donors (Lipinski definition) is 1. The van der Waals surface area contributed by atoms with E-state index in [1.54, 1.807) is 6.07 Å². The number of halogens is 1. The predicted octanol–water partition coefficient (Wildman–Crippen LogP) is 10.2. The maximum Gasteiger partial charge on any atom is 0.200 e. The molecule has 272 valence electrons. The van der Waals surface area contributed by atoms with E-state index in [4.69, 9.17) is 24.4 Å². The van der Waals surface area contributed by atoms with Gasteiger partial charge in [0.05, 0.1) is 18.1 Å². The first-order valence-electron chi connectivity index (χ1n) is 18.5. The summed E-state index contributed by atoms with van der Waals surface area (Å²) >= 11 is 1.28. The van der Waals surface area contributed by atoms with Crippen LogP contribution < -0.4 is 5.73 Å². The molecule has 1 fully saturated rings. The molecule has 1 aliphatic heterocycles. The fourth-order valence-corrected chi connectivity index (χ4v) is 21.5. The molecule has 1 aliphatic carbocycles. The monoisotopic (exact) mass is 729 g/mol. The van der Waals surface area contributed by atoms with Crippen molar-refractivity contribution in [2.75, 3.05) is 12.3 Å². The Bertz CT molecular complexity index is 1570. The number of hydrogen-bond acceptors (Lipinski definition) is 8. The Morgan fingerprint density at radius 1 is 0.878 bits per heavy atom. The molecule has 2 N–H and O–H groups in total. The van der Waals surface area contributed by atoms with Gasteiger partial charge in [-0.3, -0.25) is 0 Å². The van der Waals surface area contributed by atoms with E-state index in [0.29, 0.717) is 73.0 Å². The number of rotatable bonds is 14. The van der Waals surface area contributed by atoms with E-state index >= 15 is 4.39 Å². The van der Waals surface area contributed by atoms with Crippen molar-refractivity contribution in [1.82, 2.24) is 19.7 Å². The average Bonchev–Trinajstić information content (AvgIpc) is 3.72. The quantitative estimate of drug-likeness (QED) is 0.164. The van der Waals surface area contributed by atoms with Crippen LogP contribution in [-0.4, -0.2) is 55.2 Å². The number of ether oxygens (including phenoxy) is 1. The highest BCUT2D eigenvalue weighted by atomic mass is 32.2. The fourth-order valence-electron chi connectivity index (χ4n) is 9.51. The molecular formula is C37H60FN5O3SSi2. The summed E-state index contributed by atoms with van der Waals surface area (Å²) < 4.78 is 38.9. The lowest BCUT2D eigenvalue weighted by Crippen LogP contribution is -2.53.